The fourth-order valence-electron chi connectivity index (χ4n) is 3.73. The lowest BCUT2D eigenvalue weighted by atomic mass is 10.1. The van der Waals surface area contributed by atoms with Gasteiger partial charge in [0.15, 0.2) is 0 Å². The van der Waals surface area contributed by atoms with Crippen LogP contribution in [0.5, 0.6) is 0 Å². The van der Waals surface area contributed by atoms with Crippen LogP contribution < -0.4 is 21.2 Å². The summed E-state index contributed by atoms with van der Waals surface area (Å²) in [5.41, 5.74) is 0. The maximum absolute atomic E-state index is 6.66. The second-order valence-corrected chi connectivity index (χ2v) is 12.0. The first-order chi connectivity index (χ1) is 16.7. The molecule has 0 aromatic heterocycles. The molecule has 0 heterocycles. The summed E-state index contributed by atoms with van der Waals surface area (Å²) in [6, 6.07) is 42.3. The van der Waals surface area contributed by atoms with Crippen molar-refractivity contribution in [3.05, 3.63) is 121 Å². The number of hydrogen-bond acceptors (Lipinski definition) is 2. The van der Waals surface area contributed by atoms with Gasteiger partial charge in [-0.25, -0.2) is 0 Å². The average Bonchev–Trinajstić information content (AvgIpc) is 2.91. The van der Waals surface area contributed by atoms with Crippen molar-refractivity contribution in [2.75, 3.05) is 0 Å². The van der Waals surface area contributed by atoms with Crippen LogP contribution in [0, 0.1) is 0 Å². The van der Waals surface area contributed by atoms with Crippen molar-refractivity contribution in [2.45, 2.75) is 38.9 Å². The molecule has 4 aromatic rings. The Hall–Kier alpha value is -2.34. The molecule has 0 aliphatic carbocycles. The first-order valence-electron chi connectivity index (χ1n) is 11.8. The van der Waals surface area contributed by atoms with E-state index in [1.165, 1.54) is 21.2 Å². The second kappa shape index (κ2) is 12.9. The van der Waals surface area contributed by atoms with Crippen molar-refractivity contribution < 1.29 is 9.05 Å². The fraction of sp³-hybridized carbons (Fsp3) is 0.200. The van der Waals surface area contributed by atoms with Gasteiger partial charge in [-0.05, 0) is 26.7 Å². The molecular formula is C30H32O2P2. The summed E-state index contributed by atoms with van der Waals surface area (Å²) >= 11 is 0. The zero-order chi connectivity index (χ0) is 23.6. The van der Waals surface area contributed by atoms with Crippen LogP contribution in [0.15, 0.2) is 121 Å². The summed E-state index contributed by atoms with van der Waals surface area (Å²) in [4.78, 5) is 0. The van der Waals surface area contributed by atoms with Gasteiger partial charge in [0.05, 0.1) is 28.5 Å². The molecule has 34 heavy (non-hydrogen) atoms. The zero-order valence-electron chi connectivity index (χ0n) is 19.8. The molecule has 0 aliphatic heterocycles. The molecule has 0 fully saturated rings. The van der Waals surface area contributed by atoms with Gasteiger partial charge in [0.25, 0.3) is 0 Å². The van der Waals surface area contributed by atoms with Crippen LogP contribution in [-0.2, 0) is 9.05 Å². The Balaban J connectivity index is 1.40. The molecule has 0 bridgehead atoms. The molecule has 4 rings (SSSR count). The van der Waals surface area contributed by atoms with E-state index in [2.05, 4.69) is 135 Å². The molecule has 0 saturated heterocycles. The lowest BCUT2D eigenvalue weighted by Crippen LogP contribution is -2.21. The molecule has 2 atom stereocenters. The third kappa shape index (κ3) is 7.08. The van der Waals surface area contributed by atoms with E-state index >= 15 is 0 Å². The van der Waals surface area contributed by atoms with Crippen LogP contribution in [0.2, 0.25) is 0 Å². The Labute approximate surface area is 206 Å². The van der Waals surface area contributed by atoms with Crippen molar-refractivity contribution in [3.8, 4) is 0 Å². The van der Waals surface area contributed by atoms with E-state index in [1.54, 1.807) is 0 Å². The van der Waals surface area contributed by atoms with E-state index in [0.29, 0.717) is 0 Å². The minimum Gasteiger partial charge on any atom is -0.347 e. The molecule has 0 spiro atoms. The van der Waals surface area contributed by atoms with Crippen molar-refractivity contribution in [3.63, 3.8) is 0 Å². The highest BCUT2D eigenvalue weighted by Gasteiger charge is 2.21. The molecule has 4 heteroatoms. The largest absolute Gasteiger partial charge is 0.347 e. The lowest BCUT2D eigenvalue weighted by Gasteiger charge is -2.26. The Morgan fingerprint density at radius 1 is 0.441 bits per heavy atom. The van der Waals surface area contributed by atoms with Crippen LogP contribution in [0.4, 0.5) is 0 Å². The van der Waals surface area contributed by atoms with Crippen molar-refractivity contribution in [1.82, 2.24) is 0 Å². The highest BCUT2D eigenvalue weighted by Crippen LogP contribution is 2.39. The topological polar surface area (TPSA) is 18.5 Å². The number of rotatable bonds is 11. The Morgan fingerprint density at radius 3 is 0.912 bits per heavy atom. The molecule has 0 saturated carbocycles. The van der Waals surface area contributed by atoms with Crippen LogP contribution in [0.1, 0.15) is 26.7 Å². The second-order valence-electron chi connectivity index (χ2n) is 8.34. The monoisotopic (exact) mass is 486 g/mol. The van der Waals surface area contributed by atoms with E-state index in [4.69, 9.17) is 9.05 Å². The van der Waals surface area contributed by atoms with E-state index < -0.39 is 16.3 Å². The maximum atomic E-state index is 6.66. The minimum absolute atomic E-state index is 0.136. The van der Waals surface area contributed by atoms with Gasteiger partial charge >= 0.3 is 0 Å². The highest BCUT2D eigenvalue weighted by molar-refractivity contribution is 7.68. The molecular weight excluding hydrogens is 454 g/mol. The molecule has 0 radical (unpaired) electrons. The number of benzene rings is 4. The smallest absolute Gasteiger partial charge is 0.0921 e. The van der Waals surface area contributed by atoms with Crippen LogP contribution in [0.25, 0.3) is 0 Å². The summed E-state index contributed by atoms with van der Waals surface area (Å²) < 4.78 is 13.3. The first kappa shape index (κ1) is 24.8. The quantitative estimate of drug-likeness (QED) is 0.220. The normalized spacial score (nSPS) is 13.2. The lowest BCUT2D eigenvalue weighted by molar-refractivity contribution is 0.186. The van der Waals surface area contributed by atoms with Gasteiger partial charge in [-0.15, -0.1) is 0 Å². The van der Waals surface area contributed by atoms with Gasteiger partial charge in [-0.2, -0.15) is 0 Å². The van der Waals surface area contributed by atoms with Gasteiger partial charge in [0.1, 0.15) is 0 Å². The molecule has 4 aromatic carbocycles. The molecule has 2 unspecified atom stereocenters. The Morgan fingerprint density at radius 2 is 0.676 bits per heavy atom. The van der Waals surface area contributed by atoms with Crippen LogP contribution in [0.3, 0.4) is 0 Å². The van der Waals surface area contributed by atoms with E-state index in [0.717, 1.165) is 12.8 Å². The third-order valence-corrected chi connectivity index (χ3v) is 9.72. The minimum atomic E-state index is -0.847. The number of hydrogen-bond donors (Lipinski definition) is 0. The first-order valence-corrected chi connectivity index (χ1v) is 14.4. The summed E-state index contributed by atoms with van der Waals surface area (Å²) in [6.45, 7) is 4.37. The van der Waals surface area contributed by atoms with Gasteiger partial charge in [-0.3, -0.25) is 0 Å². The Bertz CT molecular complexity index is 922. The summed E-state index contributed by atoms with van der Waals surface area (Å²) in [5, 5.41) is 4.99. The zero-order valence-corrected chi connectivity index (χ0v) is 21.6. The summed E-state index contributed by atoms with van der Waals surface area (Å²) in [7, 11) is -1.69. The molecule has 0 amide bonds. The highest BCUT2D eigenvalue weighted by atomic mass is 31.1. The summed E-state index contributed by atoms with van der Waals surface area (Å²) in [5.74, 6) is 0. The third-order valence-electron chi connectivity index (χ3n) is 5.51. The van der Waals surface area contributed by atoms with Gasteiger partial charge in [0.2, 0.25) is 0 Å². The van der Waals surface area contributed by atoms with Gasteiger partial charge < -0.3 is 9.05 Å². The van der Waals surface area contributed by atoms with Crippen molar-refractivity contribution in [1.29, 1.82) is 0 Å². The van der Waals surface area contributed by atoms with E-state index in [9.17, 15) is 0 Å². The molecule has 0 aliphatic rings. The van der Waals surface area contributed by atoms with Crippen molar-refractivity contribution >= 4 is 37.5 Å². The Kier molecular flexibility index (Phi) is 9.43. The van der Waals surface area contributed by atoms with Gasteiger partial charge in [0, 0.05) is 21.2 Å². The van der Waals surface area contributed by atoms with Crippen molar-refractivity contribution in [2.24, 2.45) is 0 Å². The molecule has 2 nitrogen and oxygen atoms in total. The average molecular weight is 487 g/mol. The predicted octanol–water partition coefficient (Wildman–Crippen LogP) is 6.67. The standard InChI is InChI=1S/C30H32O2P2/c1-25(31-33(27-15-7-3-8-16-27)28-17-9-4-10-18-28)23-24-26(2)32-34(29-19-11-5-12-20-29)30-21-13-6-14-22-30/h3-22,25-26H,23-24H2,1-2H3. The summed E-state index contributed by atoms with van der Waals surface area (Å²) in [6.07, 6.45) is 2.17. The van der Waals surface area contributed by atoms with Crippen LogP contribution in [-0.4, -0.2) is 12.2 Å². The molecule has 0 N–H and O–H groups in total. The maximum Gasteiger partial charge on any atom is 0.0921 e. The fourth-order valence-corrected chi connectivity index (χ4v) is 7.52. The SMILES string of the molecule is CC(CCC(C)OP(c1ccccc1)c1ccccc1)OP(c1ccccc1)c1ccccc1. The van der Waals surface area contributed by atoms with Gasteiger partial charge in [-0.1, -0.05) is 121 Å². The van der Waals surface area contributed by atoms with E-state index in [-0.39, 0.29) is 12.2 Å². The predicted molar refractivity (Wildman–Crippen MR) is 148 cm³/mol. The molecule has 174 valence electrons. The van der Waals surface area contributed by atoms with E-state index in [1.807, 2.05) is 0 Å². The van der Waals surface area contributed by atoms with Crippen LogP contribution >= 0.6 is 16.3 Å².